The van der Waals surface area contributed by atoms with Gasteiger partial charge in [0.2, 0.25) is 5.95 Å². The van der Waals surface area contributed by atoms with Crippen LogP contribution in [0.1, 0.15) is 17.4 Å². The Hall–Kier alpha value is -3.03. The largest absolute Gasteiger partial charge is 0.461 e. The number of benzene rings is 1. The molecular formula is C13H12N4O4. The number of ether oxygens (including phenoxy) is 1. The molecule has 1 heterocycles. The molecule has 0 radical (unpaired) electrons. The first-order valence-electron chi connectivity index (χ1n) is 6.07. The Morgan fingerprint density at radius 1 is 1.33 bits per heavy atom. The lowest BCUT2D eigenvalue weighted by atomic mass is 10.1. The van der Waals surface area contributed by atoms with Crippen molar-refractivity contribution in [2.75, 3.05) is 12.3 Å². The van der Waals surface area contributed by atoms with E-state index in [1.54, 1.807) is 6.92 Å². The summed E-state index contributed by atoms with van der Waals surface area (Å²) in [5, 5.41) is 10.6. The van der Waals surface area contributed by atoms with E-state index in [-0.39, 0.29) is 23.9 Å². The lowest BCUT2D eigenvalue weighted by Gasteiger charge is -2.05. The van der Waals surface area contributed by atoms with E-state index in [1.807, 2.05) is 0 Å². The van der Waals surface area contributed by atoms with E-state index >= 15 is 0 Å². The van der Waals surface area contributed by atoms with Crippen molar-refractivity contribution >= 4 is 17.6 Å². The number of hydrogen-bond acceptors (Lipinski definition) is 7. The predicted octanol–water partition coefficient (Wildman–Crippen LogP) is 1.81. The minimum absolute atomic E-state index is 0.0357. The Labute approximate surface area is 119 Å². The van der Waals surface area contributed by atoms with Crippen LogP contribution in [0, 0.1) is 10.1 Å². The van der Waals surface area contributed by atoms with Gasteiger partial charge in [-0.2, -0.15) is 0 Å². The van der Waals surface area contributed by atoms with Crippen molar-refractivity contribution in [1.29, 1.82) is 0 Å². The van der Waals surface area contributed by atoms with Crippen LogP contribution in [0.2, 0.25) is 0 Å². The van der Waals surface area contributed by atoms with Crippen molar-refractivity contribution in [3.8, 4) is 11.3 Å². The van der Waals surface area contributed by atoms with Crippen molar-refractivity contribution in [3.63, 3.8) is 0 Å². The van der Waals surface area contributed by atoms with Gasteiger partial charge in [-0.15, -0.1) is 0 Å². The van der Waals surface area contributed by atoms with Gasteiger partial charge in [-0.25, -0.2) is 14.8 Å². The standard InChI is InChI=1S/C13H12N4O4/c1-2-21-12(18)11-7-10(15-13(14)16-11)8-3-5-9(6-4-8)17(19)20/h3-7H,2H2,1H3,(H2,14,15,16). The number of nitro benzene ring substituents is 1. The molecule has 0 aliphatic carbocycles. The van der Waals surface area contributed by atoms with Crippen LogP contribution < -0.4 is 5.73 Å². The van der Waals surface area contributed by atoms with Gasteiger partial charge in [0, 0.05) is 17.7 Å². The van der Waals surface area contributed by atoms with Crippen molar-refractivity contribution in [2.24, 2.45) is 0 Å². The number of esters is 1. The minimum Gasteiger partial charge on any atom is -0.461 e. The van der Waals surface area contributed by atoms with Crippen LogP contribution in [0.15, 0.2) is 30.3 Å². The average molecular weight is 288 g/mol. The summed E-state index contributed by atoms with van der Waals surface area (Å²) in [6.45, 7) is 1.90. The number of nitrogens with two attached hydrogens (primary N) is 1. The second-order valence-electron chi connectivity index (χ2n) is 4.02. The van der Waals surface area contributed by atoms with Crippen molar-refractivity contribution in [2.45, 2.75) is 6.92 Å². The van der Waals surface area contributed by atoms with E-state index in [1.165, 1.54) is 30.3 Å². The zero-order valence-corrected chi connectivity index (χ0v) is 11.1. The molecule has 0 unspecified atom stereocenters. The lowest BCUT2D eigenvalue weighted by molar-refractivity contribution is -0.384. The van der Waals surface area contributed by atoms with Crippen LogP contribution in [0.25, 0.3) is 11.3 Å². The SMILES string of the molecule is CCOC(=O)c1cc(-c2ccc([N+](=O)[O-])cc2)nc(N)n1. The zero-order chi connectivity index (χ0) is 15.4. The fourth-order valence-electron chi connectivity index (χ4n) is 1.68. The van der Waals surface area contributed by atoms with Crippen LogP contribution in [0.5, 0.6) is 0 Å². The molecule has 0 saturated heterocycles. The highest BCUT2D eigenvalue weighted by molar-refractivity contribution is 5.88. The number of anilines is 1. The molecule has 0 spiro atoms. The molecule has 0 saturated carbocycles. The molecule has 2 aromatic rings. The number of nitrogen functional groups attached to an aromatic ring is 1. The van der Waals surface area contributed by atoms with Crippen LogP contribution in [0.4, 0.5) is 11.6 Å². The molecule has 1 aromatic carbocycles. The smallest absolute Gasteiger partial charge is 0.357 e. The van der Waals surface area contributed by atoms with E-state index in [4.69, 9.17) is 10.5 Å². The summed E-state index contributed by atoms with van der Waals surface area (Å²) >= 11 is 0. The molecule has 21 heavy (non-hydrogen) atoms. The molecule has 0 fully saturated rings. The number of non-ortho nitro benzene ring substituents is 1. The molecule has 108 valence electrons. The zero-order valence-electron chi connectivity index (χ0n) is 11.1. The molecule has 0 aliphatic rings. The Balaban J connectivity index is 2.39. The second-order valence-corrected chi connectivity index (χ2v) is 4.02. The van der Waals surface area contributed by atoms with E-state index in [9.17, 15) is 14.9 Å². The van der Waals surface area contributed by atoms with Crippen LogP contribution in [-0.4, -0.2) is 27.5 Å². The summed E-state index contributed by atoms with van der Waals surface area (Å²) in [5.41, 5.74) is 6.55. The Morgan fingerprint density at radius 2 is 2.00 bits per heavy atom. The molecule has 2 N–H and O–H groups in total. The summed E-state index contributed by atoms with van der Waals surface area (Å²) in [4.78, 5) is 29.6. The third kappa shape index (κ3) is 3.30. The molecule has 2 rings (SSSR count). The Morgan fingerprint density at radius 3 is 2.57 bits per heavy atom. The summed E-state index contributed by atoms with van der Waals surface area (Å²) in [6.07, 6.45) is 0. The molecular weight excluding hydrogens is 276 g/mol. The average Bonchev–Trinajstić information content (AvgIpc) is 2.47. The topological polar surface area (TPSA) is 121 Å². The van der Waals surface area contributed by atoms with Crippen molar-refractivity contribution in [1.82, 2.24) is 9.97 Å². The summed E-state index contributed by atoms with van der Waals surface area (Å²) in [7, 11) is 0. The third-order valence-electron chi connectivity index (χ3n) is 2.60. The van der Waals surface area contributed by atoms with Gasteiger partial charge in [0.05, 0.1) is 17.2 Å². The highest BCUT2D eigenvalue weighted by atomic mass is 16.6. The molecule has 1 aromatic heterocycles. The van der Waals surface area contributed by atoms with Gasteiger partial charge < -0.3 is 10.5 Å². The van der Waals surface area contributed by atoms with Gasteiger partial charge in [-0.05, 0) is 25.1 Å². The van der Waals surface area contributed by atoms with Crippen LogP contribution in [-0.2, 0) is 4.74 Å². The van der Waals surface area contributed by atoms with Gasteiger partial charge in [-0.3, -0.25) is 10.1 Å². The minimum atomic E-state index is -0.602. The third-order valence-corrected chi connectivity index (χ3v) is 2.60. The highest BCUT2D eigenvalue weighted by Crippen LogP contribution is 2.22. The number of carbonyl (C=O) groups is 1. The normalized spacial score (nSPS) is 10.1. The molecule has 0 aliphatic heterocycles. The molecule has 0 atom stereocenters. The summed E-state index contributed by atoms with van der Waals surface area (Å²) in [6, 6.07) is 7.16. The first-order valence-corrected chi connectivity index (χ1v) is 6.07. The first kappa shape index (κ1) is 14.4. The number of hydrogen-bond donors (Lipinski definition) is 1. The van der Waals surface area contributed by atoms with E-state index in [0.29, 0.717) is 11.3 Å². The number of nitro groups is 1. The van der Waals surface area contributed by atoms with Gasteiger partial charge in [0.15, 0.2) is 5.69 Å². The maximum Gasteiger partial charge on any atom is 0.357 e. The van der Waals surface area contributed by atoms with Crippen LogP contribution in [0.3, 0.4) is 0 Å². The number of rotatable bonds is 4. The summed E-state index contributed by atoms with van der Waals surface area (Å²) < 4.78 is 4.85. The maximum absolute atomic E-state index is 11.7. The monoisotopic (exact) mass is 288 g/mol. The first-order chi connectivity index (χ1) is 10.0. The van der Waals surface area contributed by atoms with E-state index in [2.05, 4.69) is 9.97 Å². The van der Waals surface area contributed by atoms with Gasteiger partial charge >= 0.3 is 5.97 Å². The second kappa shape index (κ2) is 5.95. The molecule has 8 nitrogen and oxygen atoms in total. The maximum atomic E-state index is 11.7. The molecule has 8 heteroatoms. The van der Waals surface area contributed by atoms with Crippen molar-refractivity contribution in [3.05, 3.63) is 46.1 Å². The number of aromatic nitrogens is 2. The van der Waals surface area contributed by atoms with E-state index < -0.39 is 10.9 Å². The quantitative estimate of drug-likeness (QED) is 0.517. The highest BCUT2D eigenvalue weighted by Gasteiger charge is 2.13. The number of carbonyl (C=O) groups excluding carboxylic acids is 1. The predicted molar refractivity (Wildman–Crippen MR) is 74.5 cm³/mol. The van der Waals surface area contributed by atoms with Crippen LogP contribution >= 0.6 is 0 Å². The fourth-order valence-corrected chi connectivity index (χ4v) is 1.68. The fraction of sp³-hybridized carbons (Fsp3) is 0.154. The van der Waals surface area contributed by atoms with Gasteiger partial charge in [0.1, 0.15) is 0 Å². The van der Waals surface area contributed by atoms with Gasteiger partial charge in [0.25, 0.3) is 5.69 Å². The van der Waals surface area contributed by atoms with E-state index in [0.717, 1.165) is 0 Å². The molecule has 0 bridgehead atoms. The Kier molecular flexibility index (Phi) is 4.07. The van der Waals surface area contributed by atoms with Crippen molar-refractivity contribution < 1.29 is 14.5 Å². The lowest BCUT2D eigenvalue weighted by Crippen LogP contribution is -2.10. The Bertz CT molecular complexity index is 685. The van der Waals surface area contributed by atoms with Gasteiger partial charge in [-0.1, -0.05) is 0 Å². The molecule has 0 amide bonds. The number of nitrogens with zero attached hydrogens (tertiary/aromatic N) is 3. The summed E-state index contributed by atoms with van der Waals surface area (Å²) in [5.74, 6) is -0.677.